The summed E-state index contributed by atoms with van der Waals surface area (Å²) in [6.45, 7) is 0.164. The smallest absolute Gasteiger partial charge is 0.257 e. The van der Waals surface area contributed by atoms with Crippen LogP contribution >= 0.6 is 11.6 Å². The first-order valence-electron chi connectivity index (χ1n) is 10.1. The predicted molar refractivity (Wildman–Crippen MR) is 122 cm³/mol. The van der Waals surface area contributed by atoms with Gasteiger partial charge in [0.1, 0.15) is 11.8 Å². The zero-order valence-electron chi connectivity index (χ0n) is 17.4. The fraction of sp³-hybridized carbons (Fsp3) is 0.160. The first-order valence-corrected chi connectivity index (χ1v) is 10.5. The molecule has 0 aromatic heterocycles. The molecule has 0 radical (unpaired) electrons. The van der Waals surface area contributed by atoms with E-state index in [0.717, 1.165) is 10.5 Å². The average molecular weight is 449 g/mol. The van der Waals surface area contributed by atoms with Crippen molar-refractivity contribution >= 4 is 35.0 Å². The Morgan fingerprint density at radius 2 is 1.66 bits per heavy atom. The molecule has 1 atom stereocenters. The number of methoxy groups -OCH3 is 1. The van der Waals surface area contributed by atoms with Crippen LogP contribution < -0.4 is 9.64 Å². The van der Waals surface area contributed by atoms with Crippen molar-refractivity contribution in [3.63, 3.8) is 0 Å². The summed E-state index contributed by atoms with van der Waals surface area (Å²) in [6, 6.07) is 21.5. The minimum absolute atomic E-state index is 0.0801. The topological polar surface area (TPSA) is 66.9 Å². The Hall–Kier alpha value is -3.64. The van der Waals surface area contributed by atoms with Crippen LogP contribution in [0.5, 0.6) is 5.75 Å². The fourth-order valence-electron chi connectivity index (χ4n) is 3.72. The number of halogens is 1. The minimum Gasteiger partial charge on any atom is -0.497 e. The van der Waals surface area contributed by atoms with E-state index in [1.165, 1.54) is 4.90 Å². The van der Waals surface area contributed by atoms with Crippen molar-refractivity contribution in [2.45, 2.75) is 19.0 Å². The van der Waals surface area contributed by atoms with Crippen molar-refractivity contribution in [1.82, 2.24) is 4.90 Å². The summed E-state index contributed by atoms with van der Waals surface area (Å²) in [4.78, 5) is 42.1. The highest BCUT2D eigenvalue weighted by molar-refractivity contribution is 6.30. The molecule has 0 bridgehead atoms. The molecular weight excluding hydrogens is 428 g/mol. The van der Waals surface area contributed by atoms with Gasteiger partial charge in [-0.05, 0) is 54.1 Å². The Labute approximate surface area is 191 Å². The number of para-hydroxylation sites is 1. The number of carbonyl (C=O) groups excluding carboxylic acids is 3. The molecule has 1 saturated heterocycles. The molecule has 0 spiro atoms. The first-order chi connectivity index (χ1) is 15.5. The lowest BCUT2D eigenvalue weighted by molar-refractivity contribution is -0.122. The molecule has 0 saturated carbocycles. The number of imide groups is 1. The van der Waals surface area contributed by atoms with Gasteiger partial charge in [-0.2, -0.15) is 0 Å². The number of hydrogen-bond acceptors (Lipinski definition) is 4. The van der Waals surface area contributed by atoms with Crippen LogP contribution in [0.1, 0.15) is 22.3 Å². The number of nitrogens with zero attached hydrogens (tertiary/aromatic N) is 2. The van der Waals surface area contributed by atoms with E-state index in [-0.39, 0.29) is 24.8 Å². The SMILES string of the molecule is COc1ccc(CN(C(=O)c2ccc(Cl)cc2)[C@@H]2CC(=O)N(c3ccccc3)C2=O)cc1. The van der Waals surface area contributed by atoms with Gasteiger partial charge in [-0.1, -0.05) is 41.9 Å². The number of carbonyl (C=O) groups is 3. The maximum atomic E-state index is 13.4. The highest BCUT2D eigenvalue weighted by Crippen LogP contribution is 2.28. The maximum Gasteiger partial charge on any atom is 0.257 e. The second-order valence-electron chi connectivity index (χ2n) is 7.41. The van der Waals surface area contributed by atoms with Gasteiger partial charge >= 0.3 is 0 Å². The van der Waals surface area contributed by atoms with Gasteiger partial charge in [0.15, 0.2) is 0 Å². The standard InChI is InChI=1S/C25H21ClN2O4/c1-32-21-13-7-17(8-14-21)16-27(24(30)18-9-11-19(26)12-10-18)22-15-23(29)28(25(22)31)20-5-3-2-4-6-20/h2-14,22H,15-16H2,1H3/t22-/m1/s1. The molecule has 1 fully saturated rings. The monoisotopic (exact) mass is 448 g/mol. The zero-order valence-corrected chi connectivity index (χ0v) is 18.2. The summed E-state index contributed by atoms with van der Waals surface area (Å²) < 4.78 is 5.20. The Morgan fingerprint density at radius 1 is 1.00 bits per heavy atom. The highest BCUT2D eigenvalue weighted by Gasteiger charge is 2.44. The lowest BCUT2D eigenvalue weighted by Crippen LogP contribution is -2.45. The number of benzene rings is 3. The van der Waals surface area contributed by atoms with Gasteiger partial charge in [0.2, 0.25) is 5.91 Å². The molecule has 3 aromatic rings. The van der Waals surface area contributed by atoms with Crippen molar-refractivity contribution in [3.05, 3.63) is 95.0 Å². The van der Waals surface area contributed by atoms with E-state index >= 15 is 0 Å². The molecule has 6 nitrogen and oxygen atoms in total. The lowest BCUT2D eigenvalue weighted by atomic mass is 10.1. The molecule has 7 heteroatoms. The first kappa shape index (κ1) is 21.6. The quantitative estimate of drug-likeness (QED) is 0.526. The van der Waals surface area contributed by atoms with Crippen LogP contribution in [0.25, 0.3) is 0 Å². The number of hydrogen-bond donors (Lipinski definition) is 0. The third-order valence-corrected chi connectivity index (χ3v) is 5.63. The third-order valence-electron chi connectivity index (χ3n) is 5.38. The van der Waals surface area contributed by atoms with Crippen LogP contribution in [0.3, 0.4) is 0 Å². The summed E-state index contributed by atoms with van der Waals surface area (Å²) >= 11 is 5.97. The molecular formula is C25H21ClN2O4. The highest BCUT2D eigenvalue weighted by atomic mass is 35.5. The van der Waals surface area contributed by atoms with Crippen molar-refractivity contribution in [2.24, 2.45) is 0 Å². The van der Waals surface area contributed by atoms with E-state index in [2.05, 4.69) is 0 Å². The zero-order chi connectivity index (χ0) is 22.7. The van der Waals surface area contributed by atoms with Crippen LogP contribution in [-0.2, 0) is 16.1 Å². The Morgan fingerprint density at radius 3 is 2.28 bits per heavy atom. The van der Waals surface area contributed by atoms with Crippen LogP contribution in [-0.4, -0.2) is 35.8 Å². The van der Waals surface area contributed by atoms with Gasteiger partial charge in [0, 0.05) is 17.1 Å². The van der Waals surface area contributed by atoms with Crippen LogP contribution in [0, 0.1) is 0 Å². The second-order valence-corrected chi connectivity index (χ2v) is 7.85. The number of rotatable bonds is 6. The fourth-order valence-corrected chi connectivity index (χ4v) is 3.84. The van der Waals surface area contributed by atoms with Crippen molar-refractivity contribution in [1.29, 1.82) is 0 Å². The molecule has 162 valence electrons. The molecule has 3 aromatic carbocycles. The van der Waals surface area contributed by atoms with E-state index in [1.54, 1.807) is 67.8 Å². The number of anilines is 1. The normalized spacial score (nSPS) is 15.7. The molecule has 3 amide bonds. The Kier molecular flexibility index (Phi) is 6.23. The summed E-state index contributed by atoms with van der Waals surface area (Å²) in [5.41, 5.74) is 1.70. The van der Waals surface area contributed by atoms with E-state index < -0.39 is 11.9 Å². The average Bonchev–Trinajstić information content (AvgIpc) is 3.12. The van der Waals surface area contributed by atoms with Gasteiger partial charge in [-0.3, -0.25) is 14.4 Å². The summed E-state index contributed by atoms with van der Waals surface area (Å²) in [7, 11) is 1.58. The molecule has 1 aliphatic rings. The van der Waals surface area contributed by atoms with E-state index in [0.29, 0.717) is 22.0 Å². The largest absolute Gasteiger partial charge is 0.497 e. The molecule has 1 heterocycles. The van der Waals surface area contributed by atoms with Crippen molar-refractivity contribution in [2.75, 3.05) is 12.0 Å². The molecule has 0 unspecified atom stereocenters. The maximum absolute atomic E-state index is 13.4. The van der Waals surface area contributed by atoms with E-state index in [4.69, 9.17) is 16.3 Å². The summed E-state index contributed by atoms with van der Waals surface area (Å²) in [5, 5.41) is 0.505. The minimum atomic E-state index is -0.909. The van der Waals surface area contributed by atoms with Crippen LogP contribution in [0.4, 0.5) is 5.69 Å². The summed E-state index contributed by atoms with van der Waals surface area (Å²) in [5.74, 6) is -0.419. The Bertz CT molecular complexity index is 1130. The van der Waals surface area contributed by atoms with Crippen LogP contribution in [0.2, 0.25) is 5.02 Å². The molecule has 1 aliphatic heterocycles. The van der Waals surface area contributed by atoms with Crippen molar-refractivity contribution < 1.29 is 19.1 Å². The van der Waals surface area contributed by atoms with Gasteiger partial charge in [0.25, 0.3) is 11.8 Å². The molecule has 32 heavy (non-hydrogen) atoms. The van der Waals surface area contributed by atoms with Crippen molar-refractivity contribution in [3.8, 4) is 5.75 Å². The van der Waals surface area contributed by atoms with Gasteiger partial charge in [0.05, 0.1) is 19.2 Å². The predicted octanol–water partition coefficient (Wildman–Crippen LogP) is 4.32. The Balaban J connectivity index is 1.68. The third kappa shape index (κ3) is 4.36. The lowest BCUT2D eigenvalue weighted by Gasteiger charge is -2.28. The van der Waals surface area contributed by atoms with Crippen LogP contribution in [0.15, 0.2) is 78.9 Å². The van der Waals surface area contributed by atoms with Gasteiger partial charge in [-0.25, -0.2) is 4.90 Å². The van der Waals surface area contributed by atoms with E-state index in [1.807, 2.05) is 18.2 Å². The summed E-state index contributed by atoms with van der Waals surface area (Å²) in [6.07, 6.45) is -0.0801. The number of ether oxygens (including phenoxy) is 1. The molecule has 0 aliphatic carbocycles. The van der Waals surface area contributed by atoms with Gasteiger partial charge in [-0.15, -0.1) is 0 Å². The van der Waals surface area contributed by atoms with Gasteiger partial charge < -0.3 is 9.64 Å². The van der Waals surface area contributed by atoms with E-state index in [9.17, 15) is 14.4 Å². The molecule has 4 rings (SSSR count). The second kappa shape index (κ2) is 9.24. The number of amides is 3. The molecule has 0 N–H and O–H groups in total.